The van der Waals surface area contributed by atoms with Crippen LogP contribution in [-0.2, 0) is 13.2 Å². The first-order valence-corrected chi connectivity index (χ1v) is 7.76. The molecular formula is C16H26N2O3. The SMILES string of the molecule is CN(C)Cc1c(O)c(=O)cc(CO)n1C1CCCCCC1. The van der Waals surface area contributed by atoms with Crippen LogP contribution in [0.25, 0.3) is 0 Å². The van der Waals surface area contributed by atoms with E-state index in [1.165, 1.54) is 18.9 Å². The zero-order valence-electron chi connectivity index (χ0n) is 13.0. The van der Waals surface area contributed by atoms with E-state index in [1.54, 1.807) is 0 Å². The molecule has 0 saturated heterocycles. The van der Waals surface area contributed by atoms with E-state index in [1.807, 2.05) is 23.6 Å². The van der Waals surface area contributed by atoms with Crippen LogP contribution in [0.3, 0.4) is 0 Å². The number of aromatic hydroxyl groups is 1. The van der Waals surface area contributed by atoms with Crippen molar-refractivity contribution in [2.24, 2.45) is 0 Å². The third kappa shape index (κ3) is 3.66. The Hall–Kier alpha value is -1.33. The summed E-state index contributed by atoms with van der Waals surface area (Å²) in [5.74, 6) is -0.176. The Morgan fingerprint density at radius 1 is 1.24 bits per heavy atom. The van der Waals surface area contributed by atoms with Crippen molar-refractivity contribution < 1.29 is 10.2 Å². The van der Waals surface area contributed by atoms with Crippen LogP contribution < -0.4 is 5.43 Å². The number of hydrogen-bond acceptors (Lipinski definition) is 4. The van der Waals surface area contributed by atoms with Gasteiger partial charge in [0.25, 0.3) is 0 Å². The van der Waals surface area contributed by atoms with Gasteiger partial charge in [0.1, 0.15) is 0 Å². The summed E-state index contributed by atoms with van der Waals surface area (Å²) >= 11 is 0. The molecule has 2 N–H and O–H groups in total. The summed E-state index contributed by atoms with van der Waals surface area (Å²) in [6, 6.07) is 1.63. The van der Waals surface area contributed by atoms with Gasteiger partial charge in [0.15, 0.2) is 5.75 Å². The smallest absolute Gasteiger partial charge is 0.223 e. The standard InChI is InChI=1S/C16H26N2O3/c1-17(2)10-14-16(21)15(20)9-13(11-19)18(14)12-7-5-3-4-6-8-12/h9,12,19,21H,3-8,10-11H2,1-2H3. The molecule has 1 aromatic heterocycles. The number of aromatic nitrogens is 1. The minimum atomic E-state index is -0.402. The Morgan fingerprint density at radius 2 is 1.86 bits per heavy atom. The number of hydrogen-bond donors (Lipinski definition) is 2. The fourth-order valence-electron chi connectivity index (χ4n) is 3.26. The number of nitrogens with zero attached hydrogens (tertiary/aromatic N) is 2. The highest BCUT2D eigenvalue weighted by atomic mass is 16.3. The molecule has 118 valence electrons. The molecule has 0 aromatic carbocycles. The summed E-state index contributed by atoms with van der Waals surface area (Å²) < 4.78 is 2.02. The van der Waals surface area contributed by atoms with Gasteiger partial charge < -0.3 is 19.7 Å². The molecule has 0 spiro atoms. The van der Waals surface area contributed by atoms with Crippen LogP contribution in [-0.4, -0.2) is 33.8 Å². The highest BCUT2D eigenvalue weighted by Crippen LogP contribution is 2.31. The Bertz CT molecular complexity index is 529. The van der Waals surface area contributed by atoms with Gasteiger partial charge in [-0.15, -0.1) is 0 Å². The average Bonchev–Trinajstić information content (AvgIpc) is 2.72. The van der Waals surface area contributed by atoms with Gasteiger partial charge >= 0.3 is 0 Å². The number of rotatable bonds is 4. The molecule has 1 aliphatic rings. The lowest BCUT2D eigenvalue weighted by Gasteiger charge is -2.27. The molecule has 0 aliphatic heterocycles. The van der Waals surface area contributed by atoms with Gasteiger partial charge in [0.05, 0.1) is 12.3 Å². The van der Waals surface area contributed by atoms with E-state index in [-0.39, 0.29) is 18.4 Å². The largest absolute Gasteiger partial charge is 0.503 e. The molecule has 0 radical (unpaired) electrons. The van der Waals surface area contributed by atoms with Gasteiger partial charge in [-0.2, -0.15) is 0 Å². The van der Waals surface area contributed by atoms with Crippen LogP contribution in [0, 0.1) is 0 Å². The third-order valence-corrected chi connectivity index (χ3v) is 4.22. The summed E-state index contributed by atoms with van der Waals surface area (Å²) in [6.07, 6.45) is 6.86. The zero-order valence-corrected chi connectivity index (χ0v) is 13.0. The van der Waals surface area contributed by atoms with Crippen molar-refractivity contribution in [1.29, 1.82) is 0 Å². The Labute approximate surface area is 125 Å². The van der Waals surface area contributed by atoms with Gasteiger partial charge in [0.2, 0.25) is 5.43 Å². The Morgan fingerprint density at radius 3 is 2.38 bits per heavy atom. The molecule has 21 heavy (non-hydrogen) atoms. The second kappa shape index (κ2) is 7.09. The van der Waals surface area contributed by atoms with Crippen molar-refractivity contribution in [1.82, 2.24) is 9.47 Å². The van der Waals surface area contributed by atoms with Crippen LogP contribution in [0.5, 0.6) is 5.75 Å². The first-order valence-electron chi connectivity index (χ1n) is 7.76. The predicted molar refractivity (Wildman–Crippen MR) is 82.4 cm³/mol. The highest BCUT2D eigenvalue weighted by molar-refractivity contribution is 5.30. The first kappa shape index (κ1) is 16.0. The van der Waals surface area contributed by atoms with Gasteiger partial charge in [-0.3, -0.25) is 4.79 Å². The van der Waals surface area contributed by atoms with Crippen molar-refractivity contribution in [2.75, 3.05) is 14.1 Å². The van der Waals surface area contributed by atoms with E-state index in [4.69, 9.17) is 0 Å². The predicted octanol–water partition coefficient (Wildman–Crippen LogP) is 2.00. The molecule has 5 nitrogen and oxygen atoms in total. The molecule has 5 heteroatoms. The fraction of sp³-hybridized carbons (Fsp3) is 0.688. The van der Waals surface area contributed by atoms with Gasteiger partial charge in [-0.05, 0) is 26.9 Å². The van der Waals surface area contributed by atoms with Crippen LogP contribution in [0.1, 0.15) is 56.0 Å². The molecule has 1 heterocycles. The van der Waals surface area contributed by atoms with Crippen molar-refractivity contribution >= 4 is 0 Å². The average molecular weight is 294 g/mol. The summed E-state index contributed by atoms with van der Waals surface area (Å²) in [5.41, 5.74) is 0.839. The van der Waals surface area contributed by atoms with Gasteiger partial charge in [-0.1, -0.05) is 25.7 Å². The van der Waals surface area contributed by atoms with E-state index < -0.39 is 5.43 Å². The molecule has 1 saturated carbocycles. The van der Waals surface area contributed by atoms with Crippen LogP contribution in [0.15, 0.2) is 10.9 Å². The lowest BCUT2D eigenvalue weighted by atomic mass is 10.1. The van der Waals surface area contributed by atoms with Crippen molar-refractivity contribution in [3.8, 4) is 5.75 Å². The number of aliphatic hydroxyl groups is 1. The van der Waals surface area contributed by atoms with Gasteiger partial charge in [0, 0.05) is 24.3 Å². The lowest BCUT2D eigenvalue weighted by molar-refractivity contribution is 0.253. The molecule has 2 rings (SSSR count). The molecule has 0 amide bonds. The third-order valence-electron chi connectivity index (χ3n) is 4.22. The van der Waals surface area contributed by atoms with E-state index in [0.29, 0.717) is 17.9 Å². The molecule has 1 aliphatic carbocycles. The topological polar surface area (TPSA) is 65.7 Å². The fourth-order valence-corrected chi connectivity index (χ4v) is 3.26. The van der Waals surface area contributed by atoms with E-state index >= 15 is 0 Å². The molecule has 1 fully saturated rings. The van der Waals surface area contributed by atoms with Crippen molar-refractivity contribution in [3.05, 3.63) is 27.7 Å². The van der Waals surface area contributed by atoms with E-state index in [0.717, 1.165) is 25.7 Å². The number of aliphatic hydroxyl groups excluding tert-OH is 1. The quantitative estimate of drug-likeness (QED) is 0.834. The molecule has 1 aromatic rings. The van der Waals surface area contributed by atoms with Crippen LogP contribution in [0.2, 0.25) is 0 Å². The van der Waals surface area contributed by atoms with Crippen molar-refractivity contribution in [3.63, 3.8) is 0 Å². The Kier molecular flexibility index (Phi) is 5.42. The molecule has 0 atom stereocenters. The maximum atomic E-state index is 11.9. The van der Waals surface area contributed by atoms with Crippen LogP contribution in [0.4, 0.5) is 0 Å². The van der Waals surface area contributed by atoms with E-state index in [2.05, 4.69) is 0 Å². The second-order valence-corrected chi connectivity index (χ2v) is 6.21. The maximum Gasteiger partial charge on any atom is 0.223 e. The second-order valence-electron chi connectivity index (χ2n) is 6.21. The summed E-state index contributed by atoms with van der Waals surface area (Å²) in [5, 5.41) is 19.8. The summed E-state index contributed by atoms with van der Waals surface area (Å²) in [4.78, 5) is 13.8. The summed E-state index contributed by atoms with van der Waals surface area (Å²) in [7, 11) is 3.82. The maximum absolute atomic E-state index is 11.9. The molecule has 0 bridgehead atoms. The zero-order chi connectivity index (χ0) is 15.4. The highest BCUT2D eigenvalue weighted by Gasteiger charge is 2.22. The van der Waals surface area contributed by atoms with Crippen molar-refractivity contribution in [2.45, 2.75) is 57.7 Å². The normalized spacial score (nSPS) is 17.1. The number of pyridine rings is 1. The van der Waals surface area contributed by atoms with Gasteiger partial charge in [-0.25, -0.2) is 0 Å². The molecular weight excluding hydrogens is 268 g/mol. The monoisotopic (exact) mass is 294 g/mol. The minimum absolute atomic E-state index is 0.174. The summed E-state index contributed by atoms with van der Waals surface area (Å²) in [6.45, 7) is 0.317. The molecule has 0 unspecified atom stereocenters. The first-order chi connectivity index (χ1) is 10.0. The van der Waals surface area contributed by atoms with Crippen LogP contribution >= 0.6 is 0 Å². The lowest BCUT2D eigenvalue weighted by Crippen LogP contribution is -2.25. The Balaban J connectivity index is 2.53. The minimum Gasteiger partial charge on any atom is -0.503 e. The van der Waals surface area contributed by atoms with E-state index in [9.17, 15) is 15.0 Å².